The Morgan fingerprint density at radius 2 is 1.90 bits per heavy atom. The van der Waals surface area contributed by atoms with Crippen LogP contribution in [0.25, 0.3) is 17.0 Å². The van der Waals surface area contributed by atoms with Gasteiger partial charge in [0.05, 0.1) is 32.2 Å². The molecule has 1 aromatic carbocycles. The summed E-state index contributed by atoms with van der Waals surface area (Å²) in [6.45, 7) is 0. The van der Waals surface area contributed by atoms with Crippen molar-refractivity contribution in [2.75, 3.05) is 21.3 Å². The first-order valence-corrected chi connectivity index (χ1v) is 5.83. The van der Waals surface area contributed by atoms with E-state index in [2.05, 4.69) is 4.98 Å². The van der Waals surface area contributed by atoms with Gasteiger partial charge in [0.25, 0.3) is 0 Å². The molecule has 1 heterocycles. The number of aromatic amines is 1. The van der Waals surface area contributed by atoms with E-state index < -0.39 is 5.97 Å². The number of carboxylic acids is 1. The number of carbonyl (C=O) groups is 1. The number of rotatable bonds is 5. The molecule has 0 atom stereocenters. The minimum absolute atomic E-state index is 0.465. The topological polar surface area (TPSA) is 80.8 Å². The SMILES string of the molecule is COc1cc2[nH]cc(/C=C\C(=O)O)c2c(OC)c1OC. The monoisotopic (exact) mass is 277 g/mol. The lowest BCUT2D eigenvalue weighted by Gasteiger charge is -2.13. The van der Waals surface area contributed by atoms with Gasteiger partial charge < -0.3 is 24.3 Å². The maximum Gasteiger partial charge on any atom is 0.328 e. The molecule has 0 spiro atoms. The number of hydrogen-bond acceptors (Lipinski definition) is 4. The van der Waals surface area contributed by atoms with E-state index in [0.29, 0.717) is 22.8 Å². The highest BCUT2D eigenvalue weighted by atomic mass is 16.5. The van der Waals surface area contributed by atoms with Gasteiger partial charge in [-0.05, 0) is 6.08 Å². The lowest BCUT2D eigenvalue weighted by molar-refractivity contribution is -0.131. The summed E-state index contributed by atoms with van der Waals surface area (Å²) >= 11 is 0. The highest BCUT2D eigenvalue weighted by Crippen LogP contribution is 2.44. The largest absolute Gasteiger partial charge is 0.493 e. The van der Waals surface area contributed by atoms with Crippen LogP contribution in [0.1, 0.15) is 5.56 Å². The molecule has 2 aromatic rings. The standard InChI is InChI=1S/C14H15NO5/c1-18-10-6-9-12(14(20-3)13(10)19-2)8(7-15-9)4-5-11(16)17/h4-7,15H,1-3H3,(H,16,17)/b5-4-. The molecule has 0 bridgehead atoms. The minimum Gasteiger partial charge on any atom is -0.493 e. The van der Waals surface area contributed by atoms with Gasteiger partial charge in [-0.25, -0.2) is 4.79 Å². The van der Waals surface area contributed by atoms with Crippen molar-refractivity contribution in [1.82, 2.24) is 4.98 Å². The molecule has 0 fully saturated rings. The fraction of sp³-hybridized carbons (Fsp3) is 0.214. The molecule has 6 heteroatoms. The summed E-state index contributed by atoms with van der Waals surface area (Å²) in [5, 5.41) is 9.46. The van der Waals surface area contributed by atoms with Crippen LogP contribution in [0.3, 0.4) is 0 Å². The molecule has 0 saturated heterocycles. The van der Waals surface area contributed by atoms with Gasteiger partial charge in [0, 0.05) is 23.9 Å². The Balaban J connectivity index is 2.73. The third-order valence-electron chi connectivity index (χ3n) is 2.91. The summed E-state index contributed by atoms with van der Waals surface area (Å²) in [6.07, 6.45) is 4.26. The van der Waals surface area contributed by atoms with Crippen LogP contribution >= 0.6 is 0 Å². The molecular formula is C14H15NO5. The Labute approximate surface area is 115 Å². The summed E-state index contributed by atoms with van der Waals surface area (Å²) in [5.41, 5.74) is 1.46. The maximum atomic E-state index is 10.6. The van der Waals surface area contributed by atoms with Crippen LogP contribution in [0.5, 0.6) is 17.2 Å². The van der Waals surface area contributed by atoms with Crippen LogP contribution in [0.15, 0.2) is 18.3 Å². The van der Waals surface area contributed by atoms with E-state index in [1.54, 1.807) is 12.3 Å². The number of hydrogen-bond donors (Lipinski definition) is 2. The first kappa shape index (κ1) is 13.8. The predicted octanol–water partition coefficient (Wildman–Crippen LogP) is 2.29. The van der Waals surface area contributed by atoms with Crippen molar-refractivity contribution in [3.8, 4) is 17.2 Å². The van der Waals surface area contributed by atoms with Gasteiger partial charge in [0.2, 0.25) is 5.75 Å². The molecule has 106 valence electrons. The van der Waals surface area contributed by atoms with Crippen LogP contribution in [0.4, 0.5) is 0 Å². The first-order valence-electron chi connectivity index (χ1n) is 5.83. The molecule has 0 aliphatic rings. The number of benzene rings is 1. The van der Waals surface area contributed by atoms with Crippen molar-refractivity contribution in [2.24, 2.45) is 0 Å². The zero-order valence-electron chi connectivity index (χ0n) is 11.4. The third-order valence-corrected chi connectivity index (χ3v) is 2.91. The van der Waals surface area contributed by atoms with E-state index in [-0.39, 0.29) is 0 Å². The molecule has 0 saturated carbocycles. The fourth-order valence-corrected chi connectivity index (χ4v) is 2.08. The van der Waals surface area contributed by atoms with Crippen molar-refractivity contribution in [1.29, 1.82) is 0 Å². The summed E-state index contributed by atoms with van der Waals surface area (Å²) in [6, 6.07) is 1.77. The number of aromatic nitrogens is 1. The van der Waals surface area contributed by atoms with Gasteiger partial charge in [-0.1, -0.05) is 0 Å². The summed E-state index contributed by atoms with van der Waals surface area (Å²) in [7, 11) is 4.58. The van der Waals surface area contributed by atoms with E-state index in [1.165, 1.54) is 27.4 Å². The summed E-state index contributed by atoms with van der Waals surface area (Å²) < 4.78 is 16.0. The summed E-state index contributed by atoms with van der Waals surface area (Å²) in [5.74, 6) is 0.478. The second-order valence-electron chi connectivity index (χ2n) is 3.98. The van der Waals surface area contributed by atoms with Crippen molar-refractivity contribution in [3.63, 3.8) is 0 Å². The second-order valence-corrected chi connectivity index (χ2v) is 3.98. The molecule has 0 aliphatic heterocycles. The smallest absolute Gasteiger partial charge is 0.328 e. The van der Waals surface area contributed by atoms with E-state index in [1.807, 2.05) is 0 Å². The average molecular weight is 277 g/mol. The lowest BCUT2D eigenvalue weighted by Crippen LogP contribution is -1.95. The van der Waals surface area contributed by atoms with Crippen LogP contribution in [0, 0.1) is 0 Å². The number of nitrogens with one attached hydrogen (secondary N) is 1. The molecule has 0 unspecified atom stereocenters. The molecule has 2 N–H and O–H groups in total. The van der Waals surface area contributed by atoms with Crippen LogP contribution < -0.4 is 14.2 Å². The Kier molecular flexibility index (Phi) is 3.84. The van der Waals surface area contributed by atoms with Gasteiger partial charge in [-0.3, -0.25) is 0 Å². The molecule has 1 aromatic heterocycles. The van der Waals surface area contributed by atoms with Gasteiger partial charge in [-0.15, -0.1) is 0 Å². The second kappa shape index (κ2) is 5.56. The lowest BCUT2D eigenvalue weighted by atomic mass is 10.1. The zero-order chi connectivity index (χ0) is 14.7. The normalized spacial score (nSPS) is 10.9. The van der Waals surface area contributed by atoms with E-state index in [4.69, 9.17) is 19.3 Å². The highest BCUT2D eigenvalue weighted by molar-refractivity contribution is 5.99. The van der Waals surface area contributed by atoms with Crippen molar-refractivity contribution >= 4 is 22.9 Å². The van der Waals surface area contributed by atoms with Crippen LogP contribution in [0.2, 0.25) is 0 Å². The number of methoxy groups -OCH3 is 3. The van der Waals surface area contributed by atoms with Crippen molar-refractivity contribution < 1.29 is 24.1 Å². The van der Waals surface area contributed by atoms with E-state index in [0.717, 1.165) is 17.0 Å². The number of fused-ring (bicyclic) bond motifs is 1. The molecule has 2 rings (SSSR count). The van der Waals surface area contributed by atoms with Gasteiger partial charge in [0.15, 0.2) is 11.5 Å². The average Bonchev–Trinajstić information content (AvgIpc) is 2.85. The molecule has 20 heavy (non-hydrogen) atoms. The van der Waals surface area contributed by atoms with Crippen molar-refractivity contribution in [2.45, 2.75) is 0 Å². The predicted molar refractivity (Wildman–Crippen MR) is 74.6 cm³/mol. The Morgan fingerprint density at radius 1 is 1.20 bits per heavy atom. The van der Waals surface area contributed by atoms with Crippen LogP contribution in [-0.4, -0.2) is 37.4 Å². The summed E-state index contributed by atoms with van der Waals surface area (Å²) in [4.78, 5) is 13.7. The number of carboxylic acid groups (broad SMARTS) is 1. The van der Waals surface area contributed by atoms with Crippen molar-refractivity contribution in [3.05, 3.63) is 23.9 Å². The third kappa shape index (κ3) is 2.27. The number of H-pyrrole nitrogens is 1. The molecule has 0 amide bonds. The van der Waals surface area contributed by atoms with Gasteiger partial charge in [0.1, 0.15) is 0 Å². The Hall–Kier alpha value is -2.63. The quantitative estimate of drug-likeness (QED) is 0.819. The van der Waals surface area contributed by atoms with Gasteiger partial charge in [-0.2, -0.15) is 0 Å². The molecule has 0 aliphatic carbocycles. The number of aliphatic carboxylic acids is 1. The number of ether oxygens (including phenoxy) is 3. The Bertz CT molecular complexity index is 672. The molecular weight excluding hydrogens is 262 g/mol. The van der Waals surface area contributed by atoms with Gasteiger partial charge >= 0.3 is 5.97 Å². The molecule has 0 radical (unpaired) electrons. The van der Waals surface area contributed by atoms with E-state index in [9.17, 15) is 4.79 Å². The Morgan fingerprint density at radius 3 is 2.45 bits per heavy atom. The van der Waals surface area contributed by atoms with Crippen LogP contribution in [-0.2, 0) is 4.79 Å². The van der Waals surface area contributed by atoms with E-state index >= 15 is 0 Å². The molecule has 6 nitrogen and oxygen atoms in total. The maximum absolute atomic E-state index is 10.6. The highest BCUT2D eigenvalue weighted by Gasteiger charge is 2.18. The minimum atomic E-state index is -1.02. The zero-order valence-corrected chi connectivity index (χ0v) is 11.4. The first-order chi connectivity index (χ1) is 9.62. The fourth-order valence-electron chi connectivity index (χ4n) is 2.08.